The van der Waals surface area contributed by atoms with Gasteiger partial charge < -0.3 is 9.84 Å². The molecule has 0 saturated carbocycles. The lowest BCUT2D eigenvalue weighted by Gasteiger charge is -2.18. The predicted molar refractivity (Wildman–Crippen MR) is 97.7 cm³/mol. The van der Waals surface area contributed by atoms with Gasteiger partial charge in [-0.3, -0.25) is 14.2 Å². The monoisotopic (exact) mass is 354 g/mol. The van der Waals surface area contributed by atoms with Crippen LogP contribution >= 0.6 is 0 Å². The number of ether oxygens (including phenoxy) is 1. The van der Waals surface area contributed by atoms with Gasteiger partial charge in [0, 0.05) is 6.54 Å². The summed E-state index contributed by atoms with van der Waals surface area (Å²) < 4.78 is 6.70. The highest BCUT2D eigenvalue weighted by atomic mass is 16.5. The fraction of sp³-hybridized carbons (Fsp3) is 0.350. The number of aromatic nitrogens is 1. The van der Waals surface area contributed by atoms with Gasteiger partial charge in [0.1, 0.15) is 17.4 Å². The molecule has 0 bridgehead atoms. The van der Waals surface area contributed by atoms with E-state index in [-0.39, 0.29) is 23.2 Å². The third kappa shape index (κ3) is 3.47. The van der Waals surface area contributed by atoms with Gasteiger partial charge in [-0.05, 0) is 50.5 Å². The molecule has 0 saturated heterocycles. The Labute approximate surface area is 152 Å². The summed E-state index contributed by atoms with van der Waals surface area (Å²) in [6, 6.07) is 9.22. The first-order valence-corrected chi connectivity index (χ1v) is 8.51. The van der Waals surface area contributed by atoms with Gasteiger partial charge in [-0.2, -0.15) is 5.26 Å². The minimum atomic E-state index is -0.888. The summed E-state index contributed by atoms with van der Waals surface area (Å²) in [6.45, 7) is 6.90. The van der Waals surface area contributed by atoms with Crippen molar-refractivity contribution in [2.75, 3.05) is 0 Å². The summed E-state index contributed by atoms with van der Waals surface area (Å²) in [7, 11) is 0. The smallest absolute Gasteiger partial charge is 0.271 e. The molecule has 0 spiro atoms. The quantitative estimate of drug-likeness (QED) is 0.805. The molecule has 1 N–H and O–H groups in total. The Bertz CT molecular complexity index is 921. The standard InChI is InChI=1S/C20H22N2O4/c1-5-14-7-9-15(10-8-14)26-13(4)18(23)17-12(3)16(11-21)19(24)22(6-2)20(17)25/h7-10,13,25H,5-6H2,1-4H3. The van der Waals surface area contributed by atoms with Gasteiger partial charge in [-0.25, -0.2) is 0 Å². The van der Waals surface area contributed by atoms with Crippen LogP contribution in [0.25, 0.3) is 0 Å². The molecule has 2 aromatic rings. The number of nitriles is 1. The molecule has 0 aliphatic heterocycles. The fourth-order valence-electron chi connectivity index (χ4n) is 2.80. The molecule has 1 aromatic carbocycles. The zero-order valence-electron chi connectivity index (χ0n) is 15.4. The van der Waals surface area contributed by atoms with Crippen LogP contribution in [0, 0.1) is 18.3 Å². The van der Waals surface area contributed by atoms with Gasteiger partial charge in [-0.15, -0.1) is 0 Å². The number of carbonyl (C=O) groups is 1. The lowest BCUT2D eigenvalue weighted by atomic mass is 9.99. The third-order valence-electron chi connectivity index (χ3n) is 4.38. The van der Waals surface area contributed by atoms with Crippen LogP contribution in [0.3, 0.4) is 0 Å². The van der Waals surface area contributed by atoms with Crippen molar-refractivity contribution < 1.29 is 14.6 Å². The van der Waals surface area contributed by atoms with Crippen LogP contribution in [0.2, 0.25) is 0 Å². The first kappa shape index (κ1) is 19.3. The summed E-state index contributed by atoms with van der Waals surface area (Å²) in [5, 5.41) is 19.7. The number of rotatable bonds is 6. The summed E-state index contributed by atoms with van der Waals surface area (Å²) >= 11 is 0. The molecular formula is C20H22N2O4. The second-order valence-corrected chi connectivity index (χ2v) is 5.98. The number of aryl methyl sites for hydroxylation is 1. The Morgan fingerprint density at radius 1 is 1.31 bits per heavy atom. The molecule has 1 unspecified atom stereocenters. The van der Waals surface area contributed by atoms with E-state index in [9.17, 15) is 20.0 Å². The summed E-state index contributed by atoms with van der Waals surface area (Å²) in [6.07, 6.45) is 0.0126. The van der Waals surface area contributed by atoms with E-state index in [4.69, 9.17) is 4.74 Å². The van der Waals surface area contributed by atoms with Crippen LogP contribution in [-0.2, 0) is 13.0 Å². The van der Waals surface area contributed by atoms with Gasteiger partial charge in [0.2, 0.25) is 11.7 Å². The molecule has 0 radical (unpaired) electrons. The van der Waals surface area contributed by atoms with Crippen molar-refractivity contribution in [2.24, 2.45) is 0 Å². The minimum Gasteiger partial charge on any atom is -0.494 e. The zero-order valence-corrected chi connectivity index (χ0v) is 15.4. The first-order chi connectivity index (χ1) is 12.3. The molecule has 6 heteroatoms. The average Bonchev–Trinajstić information content (AvgIpc) is 2.63. The van der Waals surface area contributed by atoms with E-state index in [1.807, 2.05) is 25.1 Å². The van der Waals surface area contributed by atoms with E-state index in [2.05, 4.69) is 0 Å². The first-order valence-electron chi connectivity index (χ1n) is 8.51. The number of ketones is 1. The van der Waals surface area contributed by atoms with Crippen molar-refractivity contribution in [2.45, 2.75) is 46.8 Å². The Morgan fingerprint density at radius 2 is 1.92 bits per heavy atom. The van der Waals surface area contributed by atoms with E-state index in [1.165, 1.54) is 6.92 Å². The topological polar surface area (TPSA) is 92.3 Å². The number of hydrogen-bond donors (Lipinski definition) is 1. The van der Waals surface area contributed by atoms with Crippen molar-refractivity contribution in [3.8, 4) is 17.7 Å². The number of carbonyl (C=O) groups excluding carboxylic acids is 1. The Kier molecular flexibility index (Phi) is 5.83. The number of nitrogens with zero attached hydrogens (tertiary/aromatic N) is 2. The molecule has 1 atom stereocenters. The number of aromatic hydroxyl groups is 1. The van der Waals surface area contributed by atoms with Crippen LogP contribution in [0.4, 0.5) is 0 Å². The SMILES string of the molecule is CCc1ccc(OC(C)C(=O)c2c(C)c(C#N)c(=O)n(CC)c2O)cc1. The molecule has 0 fully saturated rings. The van der Waals surface area contributed by atoms with Crippen molar-refractivity contribution in [3.63, 3.8) is 0 Å². The normalized spacial score (nSPS) is 11.7. The highest BCUT2D eigenvalue weighted by Gasteiger charge is 2.27. The Hall–Kier alpha value is -3.07. The van der Waals surface area contributed by atoms with Crippen molar-refractivity contribution in [1.82, 2.24) is 4.57 Å². The van der Waals surface area contributed by atoms with E-state index in [1.54, 1.807) is 26.0 Å². The molecule has 0 aliphatic carbocycles. The van der Waals surface area contributed by atoms with Crippen molar-refractivity contribution in [3.05, 3.63) is 56.9 Å². The van der Waals surface area contributed by atoms with Crippen LogP contribution in [0.5, 0.6) is 11.6 Å². The summed E-state index contributed by atoms with van der Waals surface area (Å²) in [5.74, 6) is -0.390. The largest absolute Gasteiger partial charge is 0.494 e. The Morgan fingerprint density at radius 3 is 2.42 bits per heavy atom. The second-order valence-electron chi connectivity index (χ2n) is 5.98. The van der Waals surface area contributed by atoms with Crippen LogP contribution < -0.4 is 10.3 Å². The Balaban J connectivity index is 2.42. The van der Waals surface area contributed by atoms with Gasteiger partial charge in [0.15, 0.2) is 6.10 Å². The maximum atomic E-state index is 12.9. The summed E-state index contributed by atoms with van der Waals surface area (Å²) in [4.78, 5) is 25.1. The summed E-state index contributed by atoms with van der Waals surface area (Å²) in [5.41, 5.74) is 0.512. The predicted octanol–water partition coefficient (Wildman–Crippen LogP) is 2.97. The fourth-order valence-corrected chi connectivity index (χ4v) is 2.80. The molecule has 1 heterocycles. The van der Waals surface area contributed by atoms with Crippen molar-refractivity contribution >= 4 is 5.78 Å². The van der Waals surface area contributed by atoms with E-state index in [0.717, 1.165) is 16.6 Å². The molecule has 1 aromatic heterocycles. The molecule has 136 valence electrons. The van der Waals surface area contributed by atoms with Gasteiger partial charge in [-0.1, -0.05) is 19.1 Å². The third-order valence-corrected chi connectivity index (χ3v) is 4.38. The number of benzene rings is 1. The van der Waals surface area contributed by atoms with E-state index >= 15 is 0 Å². The molecular weight excluding hydrogens is 332 g/mol. The van der Waals surface area contributed by atoms with Crippen molar-refractivity contribution in [1.29, 1.82) is 5.26 Å². The highest BCUT2D eigenvalue weighted by molar-refractivity contribution is 6.03. The average molecular weight is 354 g/mol. The van der Waals surface area contributed by atoms with Crippen LogP contribution in [-0.4, -0.2) is 21.6 Å². The van der Waals surface area contributed by atoms with Gasteiger partial charge >= 0.3 is 0 Å². The molecule has 26 heavy (non-hydrogen) atoms. The molecule has 0 amide bonds. The zero-order chi connectivity index (χ0) is 19.4. The van der Waals surface area contributed by atoms with E-state index in [0.29, 0.717) is 5.75 Å². The minimum absolute atomic E-state index is 0.0549. The second kappa shape index (κ2) is 7.87. The molecule has 2 rings (SSSR count). The highest BCUT2D eigenvalue weighted by Crippen LogP contribution is 2.25. The number of hydrogen-bond acceptors (Lipinski definition) is 5. The number of Topliss-reactive ketones (excluding diaryl/α,β-unsaturated/α-hetero) is 1. The maximum absolute atomic E-state index is 12.9. The van der Waals surface area contributed by atoms with E-state index < -0.39 is 23.3 Å². The molecule has 0 aliphatic rings. The number of pyridine rings is 1. The van der Waals surface area contributed by atoms with Gasteiger partial charge in [0.05, 0.1) is 5.56 Å². The maximum Gasteiger partial charge on any atom is 0.271 e. The van der Waals surface area contributed by atoms with Crippen LogP contribution in [0.1, 0.15) is 47.8 Å². The van der Waals surface area contributed by atoms with Gasteiger partial charge in [0.25, 0.3) is 5.56 Å². The van der Waals surface area contributed by atoms with Crippen LogP contribution in [0.15, 0.2) is 29.1 Å². The molecule has 6 nitrogen and oxygen atoms in total. The lowest BCUT2D eigenvalue weighted by Crippen LogP contribution is -2.30. The lowest BCUT2D eigenvalue weighted by molar-refractivity contribution is 0.0812.